The number of para-hydroxylation sites is 1. The van der Waals surface area contributed by atoms with Gasteiger partial charge in [0, 0.05) is 0 Å². The molecule has 30 heavy (non-hydrogen) atoms. The first-order valence-corrected chi connectivity index (χ1v) is 11.0. The van der Waals surface area contributed by atoms with Gasteiger partial charge in [0.25, 0.3) is 5.56 Å². The van der Waals surface area contributed by atoms with E-state index in [1.54, 1.807) is 4.68 Å². The number of nitrogens with one attached hydrogen (secondary N) is 2. The zero-order valence-corrected chi connectivity index (χ0v) is 17.2. The average Bonchev–Trinajstić information content (AvgIpc) is 3.06. The summed E-state index contributed by atoms with van der Waals surface area (Å²) < 4.78 is 1.60. The van der Waals surface area contributed by atoms with Crippen LogP contribution >= 0.6 is 11.8 Å². The number of hydrogen-bond acceptors (Lipinski definition) is 6. The maximum atomic E-state index is 12.5. The maximum Gasteiger partial charge on any atom is 0.262 e. The lowest BCUT2D eigenvalue weighted by molar-refractivity contribution is -0.120. The second kappa shape index (κ2) is 8.71. The Hall–Kier alpha value is -3.12. The summed E-state index contributed by atoms with van der Waals surface area (Å²) in [5, 5.41) is 17.6. The van der Waals surface area contributed by atoms with Crippen molar-refractivity contribution in [1.82, 2.24) is 25.1 Å². The number of thioether (sulfide) groups is 1. The van der Waals surface area contributed by atoms with E-state index in [-0.39, 0.29) is 17.2 Å². The van der Waals surface area contributed by atoms with Crippen LogP contribution < -0.4 is 10.9 Å². The molecule has 0 saturated heterocycles. The minimum absolute atomic E-state index is 0.0668. The molecule has 2 N–H and O–H groups in total. The van der Waals surface area contributed by atoms with Crippen LogP contribution in [0.3, 0.4) is 0 Å². The molecule has 1 aliphatic rings. The highest BCUT2D eigenvalue weighted by Gasteiger charge is 2.32. The van der Waals surface area contributed by atoms with E-state index in [2.05, 4.69) is 26.5 Å². The standard InChI is InChI=1S/C21H22N6O2S/c22-14-21(10-6-1-2-7-11-21)26-17(28)13-30-20-24-18-16(19(29)25-20)12-23-27(18)15-8-4-3-5-9-15/h3-5,8-9,12H,1-2,6-7,10-11,13H2,(H,26,28)(H,24,25,29). The Morgan fingerprint density at radius 1 is 1.23 bits per heavy atom. The summed E-state index contributed by atoms with van der Waals surface area (Å²) in [6.45, 7) is 0. The molecule has 1 amide bonds. The number of aromatic amines is 1. The van der Waals surface area contributed by atoms with Crippen molar-refractivity contribution >= 4 is 28.7 Å². The number of fused-ring (bicyclic) bond motifs is 1. The zero-order chi connectivity index (χ0) is 21.0. The summed E-state index contributed by atoms with van der Waals surface area (Å²) in [7, 11) is 0. The first-order chi connectivity index (χ1) is 14.6. The quantitative estimate of drug-likeness (QED) is 0.371. The summed E-state index contributed by atoms with van der Waals surface area (Å²) in [6.07, 6.45) is 6.90. The minimum atomic E-state index is -0.787. The Kier molecular flexibility index (Phi) is 5.86. The number of carbonyl (C=O) groups excluding carboxylic acids is 1. The largest absolute Gasteiger partial charge is 0.337 e. The van der Waals surface area contributed by atoms with Gasteiger partial charge in [-0.1, -0.05) is 55.6 Å². The zero-order valence-electron chi connectivity index (χ0n) is 16.4. The van der Waals surface area contributed by atoms with E-state index in [1.807, 2.05) is 30.3 Å². The van der Waals surface area contributed by atoms with Crippen molar-refractivity contribution < 1.29 is 4.79 Å². The molecule has 2 aromatic heterocycles. The molecule has 0 bridgehead atoms. The normalized spacial score (nSPS) is 16.0. The lowest BCUT2D eigenvalue weighted by Gasteiger charge is -2.26. The first-order valence-electron chi connectivity index (χ1n) is 9.99. The minimum Gasteiger partial charge on any atom is -0.337 e. The monoisotopic (exact) mass is 422 g/mol. The molecule has 1 aliphatic carbocycles. The summed E-state index contributed by atoms with van der Waals surface area (Å²) in [4.78, 5) is 32.2. The van der Waals surface area contributed by atoms with Crippen LogP contribution in [-0.4, -0.2) is 36.9 Å². The Morgan fingerprint density at radius 3 is 2.67 bits per heavy atom. The Morgan fingerprint density at radius 2 is 1.97 bits per heavy atom. The van der Waals surface area contributed by atoms with E-state index < -0.39 is 5.54 Å². The molecular weight excluding hydrogens is 400 g/mol. The number of H-pyrrole nitrogens is 1. The molecule has 1 aromatic carbocycles. The highest BCUT2D eigenvalue weighted by atomic mass is 32.2. The van der Waals surface area contributed by atoms with Gasteiger partial charge in [0.2, 0.25) is 5.91 Å². The van der Waals surface area contributed by atoms with Gasteiger partial charge >= 0.3 is 0 Å². The van der Waals surface area contributed by atoms with E-state index in [9.17, 15) is 14.9 Å². The third kappa shape index (κ3) is 4.24. The predicted molar refractivity (Wildman–Crippen MR) is 114 cm³/mol. The van der Waals surface area contributed by atoms with Gasteiger partial charge in [-0.25, -0.2) is 9.67 Å². The third-order valence-electron chi connectivity index (χ3n) is 5.31. The molecule has 0 radical (unpaired) electrons. The van der Waals surface area contributed by atoms with Crippen LogP contribution in [0.5, 0.6) is 0 Å². The van der Waals surface area contributed by atoms with Crippen LogP contribution in [0.15, 0.2) is 46.5 Å². The van der Waals surface area contributed by atoms with E-state index in [4.69, 9.17) is 0 Å². The Bertz CT molecular complexity index is 1140. The van der Waals surface area contributed by atoms with Gasteiger partial charge in [0.1, 0.15) is 10.9 Å². The van der Waals surface area contributed by atoms with Crippen molar-refractivity contribution in [3.63, 3.8) is 0 Å². The molecule has 1 fully saturated rings. The van der Waals surface area contributed by atoms with E-state index >= 15 is 0 Å². The second-order valence-electron chi connectivity index (χ2n) is 7.45. The summed E-state index contributed by atoms with van der Waals surface area (Å²) in [5.41, 5.74) is 0.140. The number of rotatable bonds is 5. The van der Waals surface area contributed by atoms with Crippen LogP contribution in [0.25, 0.3) is 16.7 Å². The predicted octanol–water partition coefficient (Wildman–Crippen LogP) is 2.93. The molecule has 8 nitrogen and oxygen atoms in total. The second-order valence-corrected chi connectivity index (χ2v) is 8.41. The number of nitrogens with zero attached hydrogens (tertiary/aromatic N) is 4. The van der Waals surface area contributed by atoms with Crippen LogP contribution in [0.1, 0.15) is 38.5 Å². The third-order valence-corrected chi connectivity index (χ3v) is 6.18. The van der Waals surface area contributed by atoms with Gasteiger partial charge < -0.3 is 10.3 Å². The summed E-state index contributed by atoms with van der Waals surface area (Å²) in [5.74, 6) is -0.167. The number of benzene rings is 1. The van der Waals surface area contributed by atoms with E-state index in [0.717, 1.165) is 43.1 Å². The van der Waals surface area contributed by atoms with E-state index in [0.29, 0.717) is 29.0 Å². The van der Waals surface area contributed by atoms with Gasteiger partial charge in [-0.2, -0.15) is 10.4 Å². The SMILES string of the molecule is N#CC1(NC(=O)CSc2nc3c(cnn3-c3ccccc3)c(=O)[nH]2)CCCCCC1. The molecule has 9 heteroatoms. The van der Waals surface area contributed by atoms with Gasteiger partial charge in [0.05, 0.1) is 23.7 Å². The number of amides is 1. The van der Waals surface area contributed by atoms with Crippen molar-refractivity contribution in [2.24, 2.45) is 0 Å². The topological polar surface area (TPSA) is 116 Å². The lowest BCUT2D eigenvalue weighted by Crippen LogP contribution is -2.47. The van der Waals surface area contributed by atoms with Gasteiger partial charge in [-0.05, 0) is 25.0 Å². The Labute approximate surface area is 177 Å². The molecule has 0 unspecified atom stereocenters. The van der Waals surface area contributed by atoms with Gasteiger partial charge in [0.15, 0.2) is 10.8 Å². The van der Waals surface area contributed by atoms with Gasteiger partial charge in [-0.15, -0.1) is 0 Å². The average molecular weight is 423 g/mol. The highest BCUT2D eigenvalue weighted by Crippen LogP contribution is 2.27. The fraction of sp³-hybridized carbons (Fsp3) is 0.381. The van der Waals surface area contributed by atoms with Gasteiger partial charge in [-0.3, -0.25) is 9.59 Å². The summed E-state index contributed by atoms with van der Waals surface area (Å²) >= 11 is 1.14. The number of carbonyl (C=O) groups is 1. The van der Waals surface area contributed by atoms with E-state index in [1.165, 1.54) is 6.20 Å². The summed E-state index contributed by atoms with van der Waals surface area (Å²) in [6, 6.07) is 11.7. The van der Waals surface area contributed by atoms with Crippen molar-refractivity contribution in [2.75, 3.05) is 5.75 Å². The van der Waals surface area contributed by atoms with Crippen LogP contribution in [-0.2, 0) is 4.79 Å². The lowest BCUT2D eigenvalue weighted by atomic mass is 9.92. The molecule has 2 heterocycles. The van der Waals surface area contributed by atoms with Crippen LogP contribution in [0.2, 0.25) is 0 Å². The number of nitriles is 1. The molecule has 0 atom stereocenters. The fourth-order valence-corrected chi connectivity index (χ4v) is 4.41. The highest BCUT2D eigenvalue weighted by molar-refractivity contribution is 7.99. The van der Waals surface area contributed by atoms with Crippen molar-refractivity contribution in [3.05, 3.63) is 46.9 Å². The smallest absolute Gasteiger partial charge is 0.262 e. The Balaban J connectivity index is 1.51. The molecule has 1 saturated carbocycles. The molecule has 3 aromatic rings. The maximum absolute atomic E-state index is 12.5. The molecule has 4 rings (SSSR count). The van der Waals surface area contributed by atoms with Crippen molar-refractivity contribution in [1.29, 1.82) is 5.26 Å². The van der Waals surface area contributed by atoms with Crippen LogP contribution in [0.4, 0.5) is 0 Å². The number of aromatic nitrogens is 4. The van der Waals surface area contributed by atoms with Crippen molar-refractivity contribution in [3.8, 4) is 11.8 Å². The molecule has 0 aliphatic heterocycles. The molecule has 0 spiro atoms. The van der Waals surface area contributed by atoms with Crippen molar-refractivity contribution in [2.45, 2.75) is 49.2 Å². The molecule has 154 valence electrons. The fourth-order valence-electron chi connectivity index (χ4n) is 3.76. The molecular formula is C21H22N6O2S. The van der Waals surface area contributed by atoms with Crippen LogP contribution in [0, 0.1) is 11.3 Å². The number of hydrogen-bond donors (Lipinski definition) is 2. The first kappa shape index (κ1) is 20.2.